The van der Waals surface area contributed by atoms with Crippen LogP contribution in [0.15, 0.2) is 67.0 Å². The Balaban J connectivity index is 1.56. The molecule has 2 atom stereocenters. The molecule has 2 unspecified atom stereocenters. The Morgan fingerprint density at radius 2 is 1.90 bits per heavy atom. The van der Waals surface area contributed by atoms with E-state index in [1.54, 1.807) is 12.4 Å². The van der Waals surface area contributed by atoms with Gasteiger partial charge < -0.3 is 9.84 Å². The first-order chi connectivity index (χ1) is 14.7. The third-order valence-electron chi connectivity index (χ3n) is 5.51. The van der Waals surface area contributed by atoms with Gasteiger partial charge in [0.05, 0.1) is 17.8 Å². The van der Waals surface area contributed by atoms with Gasteiger partial charge in [-0.2, -0.15) is 5.10 Å². The fraction of sp³-hybridized carbons (Fsp3) is 0.174. The maximum absolute atomic E-state index is 12.2. The number of aromatic nitrogens is 3. The number of nitrogens with zero attached hydrogens (tertiary/aromatic N) is 2. The molecule has 30 heavy (non-hydrogen) atoms. The standard InChI is InChI=1S/C23H20N4O3/c28-13-16(14-4-2-1-3-5-14)10-21-17-11-18-20(12-19(17)25-23(29)30-21)26-27-22(18)15-6-8-24-9-7-15/h1-9,11-12,16,21,28H,10,13H2,(H,25,29)(H,26,27). The summed E-state index contributed by atoms with van der Waals surface area (Å²) < 4.78 is 5.64. The van der Waals surface area contributed by atoms with Crippen LogP contribution in [0.1, 0.15) is 29.6 Å². The highest BCUT2D eigenvalue weighted by Gasteiger charge is 2.30. The van der Waals surface area contributed by atoms with Crippen molar-refractivity contribution in [3.05, 3.63) is 78.1 Å². The van der Waals surface area contributed by atoms with E-state index in [-0.39, 0.29) is 12.5 Å². The number of amides is 1. The number of aliphatic hydroxyl groups excluding tert-OH is 1. The topological polar surface area (TPSA) is 100 Å². The zero-order valence-electron chi connectivity index (χ0n) is 16.1. The molecular formula is C23H20N4O3. The van der Waals surface area contributed by atoms with Gasteiger partial charge in [-0.1, -0.05) is 30.3 Å². The van der Waals surface area contributed by atoms with Crippen molar-refractivity contribution in [3.63, 3.8) is 0 Å². The number of rotatable bonds is 5. The van der Waals surface area contributed by atoms with E-state index in [0.717, 1.165) is 33.3 Å². The number of cyclic esters (lactones) is 1. The van der Waals surface area contributed by atoms with Gasteiger partial charge in [0.1, 0.15) is 11.8 Å². The van der Waals surface area contributed by atoms with E-state index in [0.29, 0.717) is 12.1 Å². The lowest BCUT2D eigenvalue weighted by atomic mass is 9.89. The highest BCUT2D eigenvalue weighted by molar-refractivity contribution is 5.98. The third-order valence-corrected chi connectivity index (χ3v) is 5.51. The molecule has 0 radical (unpaired) electrons. The minimum absolute atomic E-state index is 0.0307. The number of aromatic amines is 1. The summed E-state index contributed by atoms with van der Waals surface area (Å²) in [4.78, 5) is 16.2. The van der Waals surface area contributed by atoms with Crippen molar-refractivity contribution in [1.82, 2.24) is 15.2 Å². The molecule has 1 aliphatic heterocycles. The van der Waals surface area contributed by atoms with Crippen LogP contribution in [-0.4, -0.2) is 33.0 Å². The fourth-order valence-electron chi connectivity index (χ4n) is 3.99. The van der Waals surface area contributed by atoms with Crippen LogP contribution in [-0.2, 0) is 4.74 Å². The molecule has 2 aromatic carbocycles. The number of carbonyl (C=O) groups is 1. The van der Waals surface area contributed by atoms with E-state index in [1.165, 1.54) is 0 Å². The number of H-pyrrole nitrogens is 1. The number of hydrogen-bond donors (Lipinski definition) is 3. The second-order valence-corrected chi connectivity index (χ2v) is 7.34. The molecule has 5 rings (SSSR count). The van der Waals surface area contributed by atoms with Gasteiger partial charge in [0.15, 0.2) is 0 Å². The SMILES string of the molecule is O=C1Nc2cc3[nH]nc(-c4ccncc4)c3cc2C(CC(CO)c2ccccc2)O1. The maximum Gasteiger partial charge on any atom is 0.412 e. The summed E-state index contributed by atoms with van der Waals surface area (Å²) in [5.74, 6) is -0.144. The monoisotopic (exact) mass is 400 g/mol. The minimum atomic E-state index is -0.495. The van der Waals surface area contributed by atoms with E-state index in [1.807, 2.05) is 54.6 Å². The van der Waals surface area contributed by atoms with Gasteiger partial charge in [-0.25, -0.2) is 4.79 Å². The smallest absolute Gasteiger partial charge is 0.412 e. The molecule has 150 valence electrons. The number of hydrogen-bond acceptors (Lipinski definition) is 5. The lowest BCUT2D eigenvalue weighted by Gasteiger charge is -2.29. The van der Waals surface area contributed by atoms with Gasteiger partial charge in [-0.15, -0.1) is 0 Å². The minimum Gasteiger partial charge on any atom is -0.441 e. The largest absolute Gasteiger partial charge is 0.441 e. The highest BCUT2D eigenvalue weighted by Crippen LogP contribution is 2.40. The number of fused-ring (bicyclic) bond motifs is 2. The van der Waals surface area contributed by atoms with Crippen LogP contribution in [0.25, 0.3) is 22.2 Å². The van der Waals surface area contributed by atoms with Crippen LogP contribution in [0, 0.1) is 0 Å². The summed E-state index contributed by atoms with van der Waals surface area (Å²) in [6.45, 7) is -0.0307. The van der Waals surface area contributed by atoms with Crippen LogP contribution in [0.3, 0.4) is 0 Å². The highest BCUT2D eigenvalue weighted by atomic mass is 16.6. The van der Waals surface area contributed by atoms with Crippen molar-refractivity contribution >= 4 is 22.7 Å². The Kier molecular flexibility index (Phi) is 4.65. The van der Waals surface area contributed by atoms with Gasteiger partial charge in [0.2, 0.25) is 0 Å². The third kappa shape index (κ3) is 3.29. The van der Waals surface area contributed by atoms with Gasteiger partial charge >= 0.3 is 6.09 Å². The molecule has 7 heteroatoms. The predicted octanol–water partition coefficient (Wildman–Crippen LogP) is 4.39. The van der Waals surface area contributed by atoms with Gasteiger partial charge in [-0.3, -0.25) is 15.4 Å². The Bertz CT molecular complexity index is 1190. The van der Waals surface area contributed by atoms with Crippen molar-refractivity contribution in [3.8, 4) is 11.3 Å². The lowest BCUT2D eigenvalue weighted by Crippen LogP contribution is -2.26. The van der Waals surface area contributed by atoms with E-state index in [2.05, 4.69) is 20.5 Å². The molecule has 0 aliphatic carbocycles. The van der Waals surface area contributed by atoms with Crippen LogP contribution in [0.4, 0.5) is 10.5 Å². The zero-order valence-corrected chi connectivity index (χ0v) is 16.1. The molecule has 0 spiro atoms. The number of benzene rings is 2. The summed E-state index contributed by atoms with van der Waals surface area (Å²) in [5, 5.41) is 21.2. The Labute approximate surface area is 172 Å². The molecule has 1 aliphatic rings. The second kappa shape index (κ2) is 7.61. The summed E-state index contributed by atoms with van der Waals surface area (Å²) >= 11 is 0. The molecule has 3 heterocycles. The van der Waals surface area contributed by atoms with Crippen molar-refractivity contribution < 1.29 is 14.6 Å². The van der Waals surface area contributed by atoms with Crippen molar-refractivity contribution in [2.45, 2.75) is 18.4 Å². The Hall–Kier alpha value is -3.71. The van der Waals surface area contributed by atoms with E-state index >= 15 is 0 Å². The van der Waals surface area contributed by atoms with Crippen LogP contribution >= 0.6 is 0 Å². The molecule has 1 amide bonds. The number of pyridine rings is 1. The predicted molar refractivity (Wildman–Crippen MR) is 113 cm³/mol. The lowest BCUT2D eigenvalue weighted by molar-refractivity contribution is 0.0895. The first-order valence-electron chi connectivity index (χ1n) is 9.79. The van der Waals surface area contributed by atoms with Crippen molar-refractivity contribution in [2.75, 3.05) is 11.9 Å². The maximum atomic E-state index is 12.2. The molecule has 7 nitrogen and oxygen atoms in total. The molecule has 0 bridgehead atoms. The van der Waals surface area contributed by atoms with E-state index in [4.69, 9.17) is 4.74 Å². The molecule has 0 saturated heterocycles. The zero-order chi connectivity index (χ0) is 20.5. The first kappa shape index (κ1) is 18.3. The fourth-order valence-corrected chi connectivity index (χ4v) is 3.99. The number of anilines is 1. The Morgan fingerprint density at radius 3 is 2.67 bits per heavy atom. The molecular weight excluding hydrogens is 380 g/mol. The number of carbonyl (C=O) groups excluding carboxylic acids is 1. The van der Waals surface area contributed by atoms with Crippen molar-refractivity contribution in [2.24, 2.45) is 0 Å². The molecule has 2 aromatic heterocycles. The number of ether oxygens (including phenoxy) is 1. The van der Waals surface area contributed by atoms with E-state index in [9.17, 15) is 9.90 Å². The average molecular weight is 400 g/mol. The van der Waals surface area contributed by atoms with Crippen LogP contribution < -0.4 is 5.32 Å². The number of aliphatic hydroxyl groups is 1. The first-order valence-corrected chi connectivity index (χ1v) is 9.79. The van der Waals surface area contributed by atoms with E-state index < -0.39 is 12.2 Å². The van der Waals surface area contributed by atoms with Crippen LogP contribution in [0.2, 0.25) is 0 Å². The molecule has 4 aromatic rings. The summed E-state index contributed by atoms with van der Waals surface area (Å²) in [6.07, 6.45) is 2.97. The van der Waals surface area contributed by atoms with Gasteiger partial charge in [0.25, 0.3) is 0 Å². The number of nitrogens with one attached hydrogen (secondary N) is 2. The second-order valence-electron chi connectivity index (χ2n) is 7.34. The average Bonchev–Trinajstić information content (AvgIpc) is 3.20. The summed E-state index contributed by atoms with van der Waals surface area (Å²) in [5.41, 5.74) is 5.16. The summed E-state index contributed by atoms with van der Waals surface area (Å²) in [7, 11) is 0. The Morgan fingerprint density at radius 1 is 1.10 bits per heavy atom. The quantitative estimate of drug-likeness (QED) is 0.461. The van der Waals surface area contributed by atoms with Gasteiger partial charge in [-0.05, 0) is 36.2 Å². The van der Waals surface area contributed by atoms with Crippen LogP contribution in [0.5, 0.6) is 0 Å². The van der Waals surface area contributed by atoms with Crippen molar-refractivity contribution in [1.29, 1.82) is 0 Å². The summed E-state index contributed by atoms with van der Waals surface area (Å²) in [6, 6.07) is 17.5. The molecule has 0 fully saturated rings. The van der Waals surface area contributed by atoms with Gasteiger partial charge in [0, 0.05) is 34.8 Å². The molecule has 3 N–H and O–H groups in total. The molecule has 0 saturated carbocycles. The normalized spacial score (nSPS) is 16.6.